The zero-order valence-corrected chi connectivity index (χ0v) is 33.0. The number of rotatable bonds is 5. The fraction of sp³-hybridized carbons (Fsp3) is 0.0333. The predicted octanol–water partition coefficient (Wildman–Crippen LogP) is 17.0. The van der Waals surface area contributed by atoms with Crippen molar-refractivity contribution < 1.29 is 0 Å². The summed E-state index contributed by atoms with van der Waals surface area (Å²) >= 11 is 0. The normalized spacial score (nSPS) is 13.2. The Morgan fingerprint density at radius 3 is 1.47 bits per heavy atom. The first-order valence-electron chi connectivity index (χ1n) is 21.2. The molecule has 0 radical (unpaired) electrons. The fourth-order valence-corrected chi connectivity index (χ4v) is 11.0. The Morgan fingerprint density at radius 1 is 0.283 bits per heavy atom. The second-order valence-corrected chi connectivity index (χ2v) is 16.5. The number of benzene rings is 10. The van der Waals surface area contributed by atoms with E-state index in [1.54, 1.807) is 0 Å². The second kappa shape index (κ2) is 13.0. The molecule has 60 heavy (non-hydrogen) atoms. The Morgan fingerprint density at radius 2 is 0.800 bits per heavy atom. The molecule has 0 aliphatic heterocycles. The summed E-state index contributed by atoms with van der Waals surface area (Å²) in [7, 11) is 0. The van der Waals surface area contributed by atoms with Crippen LogP contribution in [0.4, 0.5) is 0 Å². The highest BCUT2D eigenvalue weighted by Crippen LogP contribution is 2.55. The third-order valence-corrected chi connectivity index (χ3v) is 13.4. The van der Waals surface area contributed by atoms with Gasteiger partial charge in [-0.25, -0.2) is 0 Å². The van der Waals surface area contributed by atoms with E-state index in [4.69, 9.17) is 0 Å². The van der Waals surface area contributed by atoms with Crippen LogP contribution in [-0.4, -0.2) is 0 Å². The van der Waals surface area contributed by atoms with Gasteiger partial charge in [0.15, 0.2) is 0 Å². The molecule has 0 atom stereocenters. The van der Waals surface area contributed by atoms with Crippen LogP contribution in [0.5, 0.6) is 0 Å². The van der Waals surface area contributed by atoms with Gasteiger partial charge in [0.1, 0.15) is 0 Å². The molecule has 0 spiro atoms. The maximum absolute atomic E-state index is 2.56. The van der Waals surface area contributed by atoms with Crippen molar-refractivity contribution >= 4 is 81.0 Å². The van der Waals surface area contributed by atoms with E-state index in [0.717, 1.165) is 12.8 Å². The minimum atomic E-state index is 1.01. The quantitative estimate of drug-likeness (QED) is 0.153. The lowest BCUT2D eigenvalue weighted by Gasteiger charge is -2.21. The Balaban J connectivity index is 1.26. The average Bonchev–Trinajstić information content (AvgIpc) is 3.83. The predicted molar refractivity (Wildman–Crippen MR) is 259 cm³/mol. The van der Waals surface area contributed by atoms with E-state index in [9.17, 15) is 0 Å². The molecule has 0 aromatic heterocycles. The van der Waals surface area contributed by atoms with E-state index in [-0.39, 0.29) is 0 Å². The molecule has 0 amide bonds. The molecule has 1 aliphatic carbocycles. The van der Waals surface area contributed by atoms with Crippen LogP contribution in [0.2, 0.25) is 0 Å². The van der Waals surface area contributed by atoms with Gasteiger partial charge >= 0.3 is 0 Å². The van der Waals surface area contributed by atoms with Gasteiger partial charge in [-0.2, -0.15) is 0 Å². The molecule has 12 aromatic carbocycles. The molecule has 0 saturated carbocycles. The van der Waals surface area contributed by atoms with Crippen LogP contribution >= 0.6 is 0 Å². The van der Waals surface area contributed by atoms with Gasteiger partial charge in [-0.1, -0.05) is 200 Å². The highest BCUT2D eigenvalue weighted by molar-refractivity contribution is 6.44. The Labute approximate surface area is 348 Å². The Bertz CT molecular complexity index is 3660. The van der Waals surface area contributed by atoms with Crippen LogP contribution in [0.1, 0.15) is 18.4 Å². The van der Waals surface area contributed by atoms with Crippen molar-refractivity contribution in [2.45, 2.75) is 12.8 Å². The minimum Gasteiger partial charge on any atom is -0.0842 e. The summed E-state index contributed by atoms with van der Waals surface area (Å²) in [5.41, 5.74) is 12.8. The summed E-state index contributed by atoms with van der Waals surface area (Å²) in [4.78, 5) is 0. The lowest BCUT2D eigenvalue weighted by molar-refractivity contribution is 1.06. The van der Waals surface area contributed by atoms with Crippen LogP contribution in [0.15, 0.2) is 206 Å². The summed E-state index contributed by atoms with van der Waals surface area (Å²) in [5, 5.41) is 18.7. The Hall–Kier alpha value is -7.54. The third kappa shape index (κ3) is 4.68. The zero-order chi connectivity index (χ0) is 39.3. The SMILES string of the molecule is C1=CCCC(c2c3cc4c5ccccc5c5cccc(c3c(-c3ccccc3)c3c6ccc(-c7c(-c8ccccc8)cccc7-c7ccccc7)c7cccc(c23)c76)c54)=C1. The average molecular weight is 759 g/mol. The van der Waals surface area contributed by atoms with Gasteiger partial charge in [0.25, 0.3) is 0 Å². The fourth-order valence-electron chi connectivity index (χ4n) is 11.0. The van der Waals surface area contributed by atoms with Gasteiger partial charge in [0.05, 0.1) is 0 Å². The first kappa shape index (κ1) is 33.4. The Kier molecular flexibility index (Phi) is 7.23. The monoisotopic (exact) mass is 758 g/mol. The van der Waals surface area contributed by atoms with E-state index in [0.29, 0.717) is 0 Å². The van der Waals surface area contributed by atoms with Gasteiger partial charge in [0, 0.05) is 0 Å². The van der Waals surface area contributed by atoms with Gasteiger partial charge in [-0.3, -0.25) is 0 Å². The molecule has 0 heteroatoms. The third-order valence-electron chi connectivity index (χ3n) is 13.4. The van der Waals surface area contributed by atoms with Crippen LogP contribution in [-0.2, 0) is 0 Å². The second-order valence-electron chi connectivity index (χ2n) is 16.5. The lowest BCUT2D eigenvalue weighted by Crippen LogP contribution is -1.95. The van der Waals surface area contributed by atoms with Crippen molar-refractivity contribution in [3.05, 3.63) is 212 Å². The molecule has 0 saturated heterocycles. The summed E-state index contributed by atoms with van der Waals surface area (Å²) in [6, 6.07) is 70.4. The number of fused-ring (bicyclic) bond motifs is 8. The maximum Gasteiger partial charge on any atom is -0.000730 e. The smallest absolute Gasteiger partial charge is 0.000730 e. The molecule has 13 rings (SSSR count). The standard InChI is InChI=1S/C60H38/c1-5-18-37(19-6-1)41-28-15-29-42(38-20-7-2-8-21-38)55(41)47-34-35-50-56-46(47)31-17-33-49(56)59-53(39-22-9-3-10-23-39)52-36-51-44-27-14-13-26-43(44)45-30-16-32-48(57(45)51)58(52)54(60(50)59)40-24-11-4-12-25-40/h1-9,11-22,24-36H,10,23H2. The molecule has 1 aliphatic rings. The largest absolute Gasteiger partial charge is 0.0842 e. The lowest BCUT2D eigenvalue weighted by atomic mass is 9.82. The van der Waals surface area contributed by atoms with Crippen LogP contribution < -0.4 is 0 Å². The number of hydrogen-bond donors (Lipinski definition) is 0. The number of hydrogen-bond acceptors (Lipinski definition) is 0. The van der Waals surface area contributed by atoms with Gasteiger partial charge < -0.3 is 0 Å². The molecule has 0 heterocycles. The van der Waals surface area contributed by atoms with Crippen LogP contribution in [0, 0.1) is 0 Å². The van der Waals surface area contributed by atoms with E-state index >= 15 is 0 Å². The molecule has 0 bridgehead atoms. The number of allylic oxidation sites excluding steroid dienone is 4. The van der Waals surface area contributed by atoms with Crippen molar-refractivity contribution in [2.75, 3.05) is 0 Å². The van der Waals surface area contributed by atoms with Crippen LogP contribution in [0.25, 0.3) is 125 Å². The first-order valence-corrected chi connectivity index (χ1v) is 21.2. The minimum absolute atomic E-state index is 1.01. The van der Waals surface area contributed by atoms with Crippen molar-refractivity contribution in [2.24, 2.45) is 0 Å². The molecule has 0 fully saturated rings. The van der Waals surface area contributed by atoms with E-state index in [2.05, 4.69) is 206 Å². The molecule has 0 nitrogen and oxygen atoms in total. The topological polar surface area (TPSA) is 0 Å². The van der Waals surface area contributed by atoms with Gasteiger partial charge in [-0.15, -0.1) is 0 Å². The van der Waals surface area contributed by atoms with E-state index < -0.39 is 0 Å². The van der Waals surface area contributed by atoms with Gasteiger partial charge in [-0.05, 0) is 150 Å². The highest BCUT2D eigenvalue weighted by Gasteiger charge is 2.28. The van der Waals surface area contributed by atoms with Crippen molar-refractivity contribution in [1.82, 2.24) is 0 Å². The summed E-state index contributed by atoms with van der Waals surface area (Å²) < 4.78 is 0. The van der Waals surface area contributed by atoms with Crippen molar-refractivity contribution in [1.29, 1.82) is 0 Å². The maximum atomic E-state index is 2.56. The van der Waals surface area contributed by atoms with E-state index in [1.807, 2.05) is 0 Å². The zero-order valence-electron chi connectivity index (χ0n) is 33.0. The summed E-state index contributed by atoms with van der Waals surface area (Å²) in [5.74, 6) is 0. The molecule has 0 unspecified atom stereocenters. The molecule has 12 aromatic rings. The molecular formula is C60H38. The molecule has 278 valence electrons. The van der Waals surface area contributed by atoms with E-state index in [1.165, 1.54) is 131 Å². The molecule has 0 N–H and O–H groups in total. The highest BCUT2D eigenvalue weighted by atomic mass is 14.3. The van der Waals surface area contributed by atoms with Crippen molar-refractivity contribution in [3.8, 4) is 44.5 Å². The summed E-state index contributed by atoms with van der Waals surface area (Å²) in [6.07, 6.45) is 9.04. The first-order chi connectivity index (χ1) is 29.8. The molecular weight excluding hydrogens is 721 g/mol. The van der Waals surface area contributed by atoms with Crippen LogP contribution in [0.3, 0.4) is 0 Å². The van der Waals surface area contributed by atoms with Crippen molar-refractivity contribution in [3.63, 3.8) is 0 Å². The summed E-state index contributed by atoms with van der Waals surface area (Å²) in [6.45, 7) is 0. The van der Waals surface area contributed by atoms with Gasteiger partial charge in [0.2, 0.25) is 0 Å².